The molecule has 0 amide bonds. The van der Waals surface area contributed by atoms with Gasteiger partial charge in [0.15, 0.2) is 0 Å². The van der Waals surface area contributed by atoms with Gasteiger partial charge in [0.25, 0.3) is 0 Å². The number of aromatic nitrogens is 1. The van der Waals surface area contributed by atoms with Crippen molar-refractivity contribution in [3.8, 4) is 0 Å². The molecule has 14 heavy (non-hydrogen) atoms. The van der Waals surface area contributed by atoms with Crippen molar-refractivity contribution < 1.29 is 0 Å². The molecule has 0 fully saturated rings. The number of nitrogens with two attached hydrogens (primary N) is 1. The monoisotopic (exact) mass is 193 g/mol. The minimum Gasteiger partial charge on any atom is -0.370 e. The third-order valence-electron chi connectivity index (χ3n) is 2.21. The molecule has 3 nitrogen and oxygen atoms in total. The molecule has 1 heterocycles. The van der Waals surface area contributed by atoms with Crippen LogP contribution in [0.15, 0.2) is 18.3 Å². The summed E-state index contributed by atoms with van der Waals surface area (Å²) in [6, 6.07) is 4.05. The highest BCUT2D eigenvalue weighted by Gasteiger charge is 2.00. The molecular weight excluding hydrogens is 174 g/mol. The van der Waals surface area contributed by atoms with Gasteiger partial charge in [0, 0.05) is 12.7 Å². The van der Waals surface area contributed by atoms with Crippen LogP contribution in [-0.2, 0) is 0 Å². The van der Waals surface area contributed by atoms with Gasteiger partial charge in [-0.3, -0.25) is 0 Å². The molecule has 0 saturated carbocycles. The van der Waals surface area contributed by atoms with E-state index in [9.17, 15) is 0 Å². The molecule has 0 bridgehead atoms. The average Bonchev–Trinajstić information content (AvgIpc) is 2.15. The second kappa shape index (κ2) is 5.60. The van der Waals surface area contributed by atoms with E-state index >= 15 is 0 Å². The van der Waals surface area contributed by atoms with Gasteiger partial charge >= 0.3 is 0 Å². The summed E-state index contributed by atoms with van der Waals surface area (Å²) in [5.74, 6) is 1.55. The Morgan fingerprint density at radius 3 is 3.00 bits per heavy atom. The van der Waals surface area contributed by atoms with Crippen molar-refractivity contribution in [3.05, 3.63) is 23.9 Å². The fourth-order valence-electron chi connectivity index (χ4n) is 1.30. The molecule has 0 radical (unpaired) electrons. The maximum atomic E-state index is 5.48. The molecule has 1 rings (SSSR count). The fraction of sp³-hybridized carbons (Fsp3) is 0.545. The minimum absolute atomic E-state index is 0.599. The number of anilines is 1. The Morgan fingerprint density at radius 1 is 1.57 bits per heavy atom. The minimum atomic E-state index is 0.599. The summed E-state index contributed by atoms with van der Waals surface area (Å²) in [5, 5.41) is 3.30. The fourth-order valence-corrected chi connectivity index (χ4v) is 1.30. The van der Waals surface area contributed by atoms with Crippen molar-refractivity contribution in [2.24, 2.45) is 11.7 Å². The first-order valence-electron chi connectivity index (χ1n) is 5.09. The number of rotatable bonds is 5. The van der Waals surface area contributed by atoms with Gasteiger partial charge in [-0.2, -0.15) is 0 Å². The Morgan fingerprint density at radius 2 is 2.36 bits per heavy atom. The first-order valence-corrected chi connectivity index (χ1v) is 5.09. The number of hydrogen-bond donors (Lipinski definition) is 2. The summed E-state index contributed by atoms with van der Waals surface area (Å²) >= 11 is 0. The number of pyridine rings is 1. The Balaban J connectivity index is 2.37. The SMILES string of the molecule is Cc1ccnc(NCC(C)CCN)c1. The summed E-state index contributed by atoms with van der Waals surface area (Å²) in [5.41, 5.74) is 6.71. The number of aryl methyl sites for hydroxylation is 1. The molecule has 0 spiro atoms. The molecule has 0 saturated heterocycles. The predicted molar refractivity (Wildman–Crippen MR) is 60.3 cm³/mol. The van der Waals surface area contributed by atoms with Crippen LogP contribution in [0.3, 0.4) is 0 Å². The van der Waals surface area contributed by atoms with Crippen LogP contribution in [0.5, 0.6) is 0 Å². The quantitative estimate of drug-likeness (QED) is 0.749. The molecule has 3 heteroatoms. The Labute approximate surface area is 85.7 Å². The lowest BCUT2D eigenvalue weighted by Crippen LogP contribution is -2.15. The molecule has 3 N–H and O–H groups in total. The van der Waals surface area contributed by atoms with Gasteiger partial charge in [-0.1, -0.05) is 6.92 Å². The van der Waals surface area contributed by atoms with Crippen molar-refractivity contribution in [1.29, 1.82) is 0 Å². The van der Waals surface area contributed by atoms with Gasteiger partial charge in [0.05, 0.1) is 0 Å². The highest BCUT2D eigenvalue weighted by atomic mass is 15.0. The van der Waals surface area contributed by atoms with Crippen LogP contribution in [0.2, 0.25) is 0 Å². The Hall–Kier alpha value is -1.09. The van der Waals surface area contributed by atoms with E-state index in [1.807, 2.05) is 12.3 Å². The highest BCUT2D eigenvalue weighted by molar-refractivity contribution is 5.36. The normalized spacial score (nSPS) is 12.5. The highest BCUT2D eigenvalue weighted by Crippen LogP contribution is 2.07. The van der Waals surface area contributed by atoms with E-state index in [4.69, 9.17) is 5.73 Å². The van der Waals surface area contributed by atoms with Gasteiger partial charge in [0.1, 0.15) is 5.82 Å². The molecule has 0 aliphatic rings. The summed E-state index contributed by atoms with van der Waals surface area (Å²) in [7, 11) is 0. The number of nitrogens with zero attached hydrogens (tertiary/aromatic N) is 1. The number of nitrogens with one attached hydrogen (secondary N) is 1. The van der Waals surface area contributed by atoms with E-state index in [-0.39, 0.29) is 0 Å². The molecule has 78 valence electrons. The summed E-state index contributed by atoms with van der Waals surface area (Å²) < 4.78 is 0. The lowest BCUT2D eigenvalue weighted by molar-refractivity contribution is 0.567. The van der Waals surface area contributed by atoms with Crippen molar-refractivity contribution in [1.82, 2.24) is 4.98 Å². The van der Waals surface area contributed by atoms with Crippen molar-refractivity contribution in [3.63, 3.8) is 0 Å². The van der Waals surface area contributed by atoms with E-state index < -0.39 is 0 Å². The van der Waals surface area contributed by atoms with E-state index in [1.54, 1.807) is 0 Å². The van der Waals surface area contributed by atoms with Crippen molar-refractivity contribution >= 4 is 5.82 Å². The Bertz CT molecular complexity index is 273. The average molecular weight is 193 g/mol. The third-order valence-corrected chi connectivity index (χ3v) is 2.21. The molecule has 1 aromatic rings. The van der Waals surface area contributed by atoms with Gasteiger partial charge < -0.3 is 11.1 Å². The van der Waals surface area contributed by atoms with Crippen LogP contribution < -0.4 is 11.1 Å². The lowest BCUT2D eigenvalue weighted by atomic mass is 10.1. The molecule has 0 aliphatic carbocycles. The molecule has 0 aromatic carbocycles. The van der Waals surface area contributed by atoms with Crippen LogP contribution in [0, 0.1) is 12.8 Å². The summed E-state index contributed by atoms with van der Waals surface area (Å²) in [4.78, 5) is 4.23. The predicted octanol–water partition coefficient (Wildman–Crippen LogP) is 1.79. The zero-order valence-electron chi connectivity index (χ0n) is 8.96. The van der Waals surface area contributed by atoms with Crippen molar-refractivity contribution in [2.45, 2.75) is 20.3 Å². The molecule has 1 aromatic heterocycles. The van der Waals surface area contributed by atoms with Gasteiger partial charge in [-0.05, 0) is 43.5 Å². The smallest absolute Gasteiger partial charge is 0.126 e. The summed E-state index contributed by atoms with van der Waals surface area (Å²) in [6.07, 6.45) is 2.88. The van der Waals surface area contributed by atoms with Crippen molar-refractivity contribution in [2.75, 3.05) is 18.4 Å². The van der Waals surface area contributed by atoms with Gasteiger partial charge in [-0.25, -0.2) is 4.98 Å². The van der Waals surface area contributed by atoms with Crippen LogP contribution >= 0.6 is 0 Å². The largest absolute Gasteiger partial charge is 0.370 e. The second-order valence-electron chi connectivity index (χ2n) is 3.78. The number of hydrogen-bond acceptors (Lipinski definition) is 3. The van der Waals surface area contributed by atoms with Crippen LogP contribution in [0.25, 0.3) is 0 Å². The second-order valence-corrected chi connectivity index (χ2v) is 3.78. The third kappa shape index (κ3) is 3.75. The van der Waals surface area contributed by atoms with Crippen LogP contribution in [-0.4, -0.2) is 18.1 Å². The van der Waals surface area contributed by atoms with Crippen LogP contribution in [0.4, 0.5) is 5.82 Å². The topological polar surface area (TPSA) is 50.9 Å². The zero-order valence-corrected chi connectivity index (χ0v) is 8.96. The summed E-state index contributed by atoms with van der Waals surface area (Å²) in [6.45, 7) is 5.95. The molecule has 1 unspecified atom stereocenters. The molecule has 0 aliphatic heterocycles. The van der Waals surface area contributed by atoms with Gasteiger partial charge in [-0.15, -0.1) is 0 Å². The van der Waals surface area contributed by atoms with E-state index in [2.05, 4.69) is 30.2 Å². The standard InChI is InChI=1S/C11H19N3/c1-9-4-6-13-11(7-9)14-8-10(2)3-5-12/h4,6-7,10H,3,5,8,12H2,1-2H3,(H,13,14). The molecule has 1 atom stereocenters. The maximum absolute atomic E-state index is 5.48. The van der Waals surface area contributed by atoms with E-state index in [1.165, 1.54) is 5.56 Å². The van der Waals surface area contributed by atoms with Gasteiger partial charge in [0.2, 0.25) is 0 Å². The van der Waals surface area contributed by atoms with E-state index in [0.29, 0.717) is 5.92 Å². The Kier molecular flexibility index (Phi) is 4.40. The lowest BCUT2D eigenvalue weighted by Gasteiger charge is -2.11. The zero-order chi connectivity index (χ0) is 10.4. The first-order chi connectivity index (χ1) is 6.72. The van der Waals surface area contributed by atoms with Crippen LogP contribution in [0.1, 0.15) is 18.9 Å². The molecular formula is C11H19N3. The van der Waals surface area contributed by atoms with E-state index in [0.717, 1.165) is 25.3 Å². The maximum Gasteiger partial charge on any atom is 0.126 e. The first kappa shape index (κ1) is 11.0.